The Balaban J connectivity index is 1.53. The van der Waals surface area contributed by atoms with Crippen LogP contribution in [0.2, 0.25) is 0 Å². The van der Waals surface area contributed by atoms with Crippen LogP contribution in [0.15, 0.2) is 87.1 Å². The number of methoxy groups -OCH3 is 1. The van der Waals surface area contributed by atoms with Crippen LogP contribution in [0.4, 0.5) is 0 Å². The van der Waals surface area contributed by atoms with E-state index < -0.39 is 12.0 Å². The summed E-state index contributed by atoms with van der Waals surface area (Å²) < 4.78 is 19.2. The van der Waals surface area contributed by atoms with Gasteiger partial charge in [0.25, 0.3) is 5.56 Å². The van der Waals surface area contributed by atoms with Gasteiger partial charge in [0, 0.05) is 4.88 Å². The molecular formula is C30H28N2O5S2. The molecule has 4 aromatic rings. The summed E-state index contributed by atoms with van der Waals surface area (Å²) in [6.07, 6.45) is 1.52. The number of nitrogens with zero attached hydrogens (tertiary/aromatic N) is 2. The minimum absolute atomic E-state index is 0.220. The molecule has 5 rings (SSSR count). The number of carbonyl (C=O) groups excluding carboxylic acids is 1. The Morgan fingerprint density at radius 1 is 1.10 bits per heavy atom. The van der Waals surface area contributed by atoms with E-state index in [4.69, 9.17) is 14.2 Å². The largest absolute Gasteiger partial charge is 0.493 e. The van der Waals surface area contributed by atoms with Gasteiger partial charge in [-0.15, -0.1) is 11.3 Å². The number of thiophene rings is 1. The molecule has 1 atom stereocenters. The second kappa shape index (κ2) is 11.4. The lowest BCUT2D eigenvalue weighted by atomic mass is 10.0. The number of rotatable bonds is 8. The molecule has 0 saturated carbocycles. The number of carbonyl (C=O) groups is 1. The molecule has 0 fully saturated rings. The van der Waals surface area contributed by atoms with Gasteiger partial charge in [-0.3, -0.25) is 9.36 Å². The maximum absolute atomic E-state index is 13.8. The van der Waals surface area contributed by atoms with Gasteiger partial charge in [-0.25, -0.2) is 9.79 Å². The smallest absolute Gasteiger partial charge is 0.338 e. The molecule has 7 nitrogen and oxygen atoms in total. The van der Waals surface area contributed by atoms with Crippen molar-refractivity contribution in [2.75, 3.05) is 7.11 Å². The van der Waals surface area contributed by atoms with Crippen LogP contribution in [-0.4, -0.2) is 23.8 Å². The van der Waals surface area contributed by atoms with Crippen molar-refractivity contribution in [3.63, 3.8) is 0 Å². The first kappa shape index (κ1) is 26.6. The molecule has 1 aliphatic rings. The zero-order chi connectivity index (χ0) is 27.5. The monoisotopic (exact) mass is 560 g/mol. The molecule has 39 heavy (non-hydrogen) atoms. The molecule has 0 radical (unpaired) electrons. The van der Waals surface area contributed by atoms with E-state index in [1.807, 2.05) is 72.1 Å². The number of ether oxygens (including phenoxy) is 3. The van der Waals surface area contributed by atoms with E-state index in [0.717, 1.165) is 16.0 Å². The van der Waals surface area contributed by atoms with Gasteiger partial charge in [0.1, 0.15) is 12.6 Å². The predicted molar refractivity (Wildman–Crippen MR) is 153 cm³/mol. The number of benzene rings is 2. The van der Waals surface area contributed by atoms with Gasteiger partial charge in [-0.1, -0.05) is 53.8 Å². The molecule has 0 bridgehead atoms. The summed E-state index contributed by atoms with van der Waals surface area (Å²) in [5.41, 5.74) is 2.55. The van der Waals surface area contributed by atoms with Crippen LogP contribution < -0.4 is 24.4 Å². The number of fused-ring (bicyclic) bond motifs is 1. The highest BCUT2D eigenvalue weighted by Gasteiger charge is 2.34. The molecule has 0 spiro atoms. The van der Waals surface area contributed by atoms with Gasteiger partial charge in [-0.2, -0.15) is 0 Å². The predicted octanol–water partition coefficient (Wildman–Crippen LogP) is 4.84. The third-order valence-corrected chi connectivity index (χ3v) is 8.03. The van der Waals surface area contributed by atoms with Crippen molar-refractivity contribution >= 4 is 34.7 Å². The third-order valence-electron chi connectivity index (χ3n) is 6.12. The molecule has 0 aliphatic carbocycles. The molecule has 2 aromatic carbocycles. The van der Waals surface area contributed by atoms with Gasteiger partial charge in [-0.05, 0) is 61.6 Å². The number of hydrogen-bond acceptors (Lipinski definition) is 8. The minimum Gasteiger partial charge on any atom is -0.493 e. The Bertz CT molecular complexity index is 1700. The van der Waals surface area contributed by atoms with E-state index >= 15 is 0 Å². The standard InChI is InChI=1S/C30H28N2O5S2/c1-18(2)37-29(34)26-19(3)31-30-32(27(26)24-11-8-14-38-24)28(33)25(39-30)16-21-12-13-22(23(15-21)35-4)36-17-20-9-6-5-7-10-20/h5-16,18,27H,17H2,1-4H3/b25-16+. The Kier molecular flexibility index (Phi) is 7.81. The number of aromatic nitrogens is 1. The van der Waals surface area contributed by atoms with Gasteiger partial charge < -0.3 is 14.2 Å². The van der Waals surface area contributed by atoms with E-state index in [2.05, 4.69) is 4.99 Å². The Morgan fingerprint density at radius 2 is 1.90 bits per heavy atom. The average Bonchev–Trinajstić information content (AvgIpc) is 3.55. The highest BCUT2D eigenvalue weighted by atomic mass is 32.1. The van der Waals surface area contributed by atoms with E-state index in [1.165, 1.54) is 22.7 Å². The lowest BCUT2D eigenvalue weighted by Gasteiger charge is -2.24. The summed E-state index contributed by atoms with van der Waals surface area (Å²) >= 11 is 2.78. The Morgan fingerprint density at radius 3 is 2.59 bits per heavy atom. The third kappa shape index (κ3) is 5.60. The normalized spacial score (nSPS) is 15.2. The molecule has 0 amide bonds. The van der Waals surface area contributed by atoms with Crippen molar-refractivity contribution in [3.05, 3.63) is 113 Å². The van der Waals surface area contributed by atoms with Crippen LogP contribution >= 0.6 is 22.7 Å². The highest BCUT2D eigenvalue weighted by molar-refractivity contribution is 7.10. The molecule has 2 aromatic heterocycles. The van der Waals surface area contributed by atoms with Crippen molar-refractivity contribution in [2.45, 2.75) is 39.5 Å². The minimum atomic E-state index is -0.599. The van der Waals surface area contributed by atoms with E-state index in [9.17, 15) is 9.59 Å². The molecule has 1 unspecified atom stereocenters. The molecule has 200 valence electrons. The average molecular weight is 561 g/mol. The highest BCUT2D eigenvalue weighted by Crippen LogP contribution is 2.33. The van der Waals surface area contributed by atoms with Crippen LogP contribution in [0, 0.1) is 0 Å². The van der Waals surface area contributed by atoms with E-state index in [1.54, 1.807) is 32.4 Å². The van der Waals surface area contributed by atoms with Crippen LogP contribution in [0.25, 0.3) is 6.08 Å². The first-order chi connectivity index (χ1) is 18.9. The number of esters is 1. The fourth-order valence-corrected chi connectivity index (χ4v) is 6.23. The summed E-state index contributed by atoms with van der Waals surface area (Å²) in [5.74, 6) is 0.717. The number of allylic oxidation sites excluding steroid dienone is 1. The van der Waals surface area contributed by atoms with Crippen LogP contribution in [0.5, 0.6) is 11.5 Å². The van der Waals surface area contributed by atoms with Gasteiger partial charge in [0.05, 0.1) is 29.0 Å². The van der Waals surface area contributed by atoms with Crippen LogP contribution in [0.3, 0.4) is 0 Å². The summed E-state index contributed by atoms with van der Waals surface area (Å²) in [6.45, 7) is 5.80. The quantitative estimate of drug-likeness (QED) is 0.288. The van der Waals surface area contributed by atoms with Gasteiger partial charge >= 0.3 is 5.97 Å². The van der Waals surface area contributed by atoms with Crippen LogP contribution in [0.1, 0.15) is 42.8 Å². The molecule has 1 aliphatic heterocycles. The van der Waals surface area contributed by atoms with E-state index in [-0.39, 0.29) is 11.7 Å². The zero-order valence-corrected chi connectivity index (χ0v) is 23.7. The molecule has 0 N–H and O–H groups in total. The second-order valence-electron chi connectivity index (χ2n) is 9.24. The topological polar surface area (TPSA) is 79.1 Å². The second-order valence-corrected chi connectivity index (χ2v) is 11.2. The first-order valence-corrected chi connectivity index (χ1v) is 14.2. The molecule has 9 heteroatoms. The van der Waals surface area contributed by atoms with E-state index in [0.29, 0.717) is 38.7 Å². The van der Waals surface area contributed by atoms with Crippen LogP contribution in [-0.2, 0) is 16.1 Å². The zero-order valence-electron chi connectivity index (χ0n) is 22.0. The number of thiazole rings is 1. The fourth-order valence-electron chi connectivity index (χ4n) is 4.36. The summed E-state index contributed by atoms with van der Waals surface area (Å²) in [5, 5.41) is 1.93. The number of hydrogen-bond donors (Lipinski definition) is 0. The Hall–Kier alpha value is -3.95. The summed E-state index contributed by atoms with van der Waals surface area (Å²) in [4.78, 5) is 32.9. The Labute approximate surface area is 234 Å². The first-order valence-electron chi connectivity index (χ1n) is 12.5. The summed E-state index contributed by atoms with van der Waals surface area (Å²) in [6, 6.07) is 18.7. The lowest BCUT2D eigenvalue weighted by Crippen LogP contribution is -2.39. The molecule has 3 heterocycles. The fraction of sp³-hybridized carbons (Fsp3) is 0.233. The maximum Gasteiger partial charge on any atom is 0.338 e. The maximum atomic E-state index is 13.8. The van der Waals surface area contributed by atoms with Crippen molar-refractivity contribution in [2.24, 2.45) is 4.99 Å². The molecular weight excluding hydrogens is 532 g/mol. The van der Waals surface area contributed by atoms with Crippen molar-refractivity contribution in [3.8, 4) is 11.5 Å². The van der Waals surface area contributed by atoms with Gasteiger partial charge in [0.2, 0.25) is 0 Å². The summed E-state index contributed by atoms with van der Waals surface area (Å²) in [7, 11) is 1.59. The van der Waals surface area contributed by atoms with Crippen molar-refractivity contribution < 1.29 is 19.0 Å². The van der Waals surface area contributed by atoms with Crippen molar-refractivity contribution in [1.29, 1.82) is 0 Å². The SMILES string of the molecule is COc1cc(/C=c2/sc3n(c2=O)C(c2cccs2)C(C(=O)OC(C)C)=C(C)N=3)ccc1OCc1ccccc1. The van der Waals surface area contributed by atoms with Gasteiger partial charge in [0.15, 0.2) is 16.3 Å². The van der Waals surface area contributed by atoms with Crippen molar-refractivity contribution in [1.82, 2.24) is 4.57 Å². The lowest BCUT2D eigenvalue weighted by molar-refractivity contribution is -0.143. The molecule has 0 saturated heterocycles.